The molecule has 194 valence electrons. The molecule has 0 radical (unpaired) electrons. The first kappa shape index (κ1) is 26.0. The summed E-state index contributed by atoms with van der Waals surface area (Å²) in [6, 6.07) is 12.7. The van der Waals surface area contributed by atoms with E-state index in [0.29, 0.717) is 30.4 Å². The maximum Gasteiger partial charge on any atom is 0.393 e. The zero-order chi connectivity index (χ0) is 26.1. The standard InChI is InChI=1S/C28H34F3N3O2/c1-18-13-22(17-27(2,3)15-18)34-24-11-7-19(8-12-25(35)36-4)14-23(24)33-26(34)32-21-9-5-20(6-10-21)16-28(29,30)31/h5-7,9-11,14,18,22H,8,12-13,15-17H2,1-4H3,(H,32,33)/t18-,22+/m1/s1. The fourth-order valence-electron chi connectivity index (χ4n) is 5.66. The lowest BCUT2D eigenvalue weighted by Gasteiger charge is -2.40. The summed E-state index contributed by atoms with van der Waals surface area (Å²) in [6.45, 7) is 6.88. The van der Waals surface area contributed by atoms with E-state index in [1.54, 1.807) is 12.1 Å². The number of aryl methyl sites for hydroxylation is 1. The summed E-state index contributed by atoms with van der Waals surface area (Å²) in [5, 5.41) is 3.37. The highest BCUT2D eigenvalue weighted by atomic mass is 19.4. The highest BCUT2D eigenvalue weighted by molar-refractivity contribution is 5.81. The van der Waals surface area contributed by atoms with E-state index < -0.39 is 12.6 Å². The average molecular weight is 502 g/mol. The molecular weight excluding hydrogens is 467 g/mol. The number of rotatable bonds is 7. The van der Waals surface area contributed by atoms with Gasteiger partial charge in [-0.05, 0) is 72.4 Å². The second-order valence-electron chi connectivity index (χ2n) is 10.9. The van der Waals surface area contributed by atoms with Crippen molar-refractivity contribution < 1.29 is 22.7 Å². The van der Waals surface area contributed by atoms with Crippen LogP contribution in [0.5, 0.6) is 0 Å². The van der Waals surface area contributed by atoms with Gasteiger partial charge < -0.3 is 14.6 Å². The number of carbonyl (C=O) groups is 1. The minimum Gasteiger partial charge on any atom is -0.469 e. The summed E-state index contributed by atoms with van der Waals surface area (Å²) < 4.78 is 45.3. The van der Waals surface area contributed by atoms with Crippen LogP contribution in [0.2, 0.25) is 0 Å². The molecule has 5 nitrogen and oxygen atoms in total. The molecule has 1 N–H and O–H groups in total. The number of methoxy groups -OCH3 is 1. The number of nitrogens with zero attached hydrogens (tertiary/aromatic N) is 2. The van der Waals surface area contributed by atoms with Crippen molar-refractivity contribution in [3.8, 4) is 0 Å². The molecule has 1 heterocycles. The topological polar surface area (TPSA) is 56.1 Å². The van der Waals surface area contributed by atoms with Crippen molar-refractivity contribution in [1.29, 1.82) is 0 Å². The number of esters is 1. The van der Waals surface area contributed by atoms with Crippen molar-refractivity contribution in [3.05, 3.63) is 53.6 Å². The number of ether oxygens (including phenoxy) is 1. The van der Waals surface area contributed by atoms with Crippen LogP contribution in [0.25, 0.3) is 11.0 Å². The van der Waals surface area contributed by atoms with Crippen LogP contribution >= 0.6 is 0 Å². The maximum atomic E-state index is 12.8. The van der Waals surface area contributed by atoms with Crippen LogP contribution in [0.1, 0.15) is 63.6 Å². The van der Waals surface area contributed by atoms with Gasteiger partial charge >= 0.3 is 12.1 Å². The van der Waals surface area contributed by atoms with Gasteiger partial charge in [0, 0.05) is 18.2 Å². The first-order valence-electron chi connectivity index (χ1n) is 12.4. The summed E-state index contributed by atoms with van der Waals surface area (Å²) in [6.07, 6.45) is -1.13. The Morgan fingerprint density at radius 2 is 1.83 bits per heavy atom. The Bertz CT molecular complexity index is 1220. The number of benzene rings is 2. The molecule has 8 heteroatoms. The number of alkyl halides is 3. The molecule has 0 spiro atoms. The molecule has 0 amide bonds. The summed E-state index contributed by atoms with van der Waals surface area (Å²) >= 11 is 0. The Hall–Kier alpha value is -3.03. The number of anilines is 2. The lowest BCUT2D eigenvalue weighted by atomic mass is 9.70. The van der Waals surface area contributed by atoms with Crippen molar-refractivity contribution in [2.45, 2.75) is 71.5 Å². The van der Waals surface area contributed by atoms with Crippen molar-refractivity contribution in [2.24, 2.45) is 11.3 Å². The van der Waals surface area contributed by atoms with Gasteiger partial charge in [-0.2, -0.15) is 13.2 Å². The fourth-order valence-corrected chi connectivity index (χ4v) is 5.66. The van der Waals surface area contributed by atoms with Gasteiger partial charge in [0.15, 0.2) is 0 Å². The van der Waals surface area contributed by atoms with Gasteiger partial charge in [0.2, 0.25) is 5.95 Å². The predicted molar refractivity (Wildman–Crippen MR) is 135 cm³/mol. The molecule has 3 aromatic rings. The van der Waals surface area contributed by atoms with E-state index in [-0.39, 0.29) is 23.0 Å². The predicted octanol–water partition coefficient (Wildman–Crippen LogP) is 7.38. The van der Waals surface area contributed by atoms with Gasteiger partial charge in [-0.1, -0.05) is 39.0 Å². The van der Waals surface area contributed by atoms with Gasteiger partial charge in [0.05, 0.1) is 24.6 Å². The second kappa shape index (κ2) is 10.1. The number of imidazole rings is 1. The van der Waals surface area contributed by atoms with E-state index in [2.05, 4.69) is 36.7 Å². The van der Waals surface area contributed by atoms with E-state index in [9.17, 15) is 18.0 Å². The zero-order valence-electron chi connectivity index (χ0n) is 21.3. The highest BCUT2D eigenvalue weighted by Gasteiger charge is 2.34. The number of hydrogen-bond acceptors (Lipinski definition) is 4. The molecule has 0 bridgehead atoms. The molecular formula is C28H34F3N3O2. The number of carbonyl (C=O) groups excluding carboxylic acids is 1. The van der Waals surface area contributed by atoms with E-state index >= 15 is 0 Å². The van der Waals surface area contributed by atoms with E-state index in [1.165, 1.54) is 19.2 Å². The minimum atomic E-state index is -4.24. The molecule has 1 aliphatic carbocycles. The monoisotopic (exact) mass is 501 g/mol. The van der Waals surface area contributed by atoms with E-state index in [4.69, 9.17) is 9.72 Å². The van der Waals surface area contributed by atoms with Crippen LogP contribution in [-0.2, 0) is 22.4 Å². The van der Waals surface area contributed by atoms with Crippen LogP contribution in [0.4, 0.5) is 24.8 Å². The summed E-state index contributed by atoms with van der Waals surface area (Å²) in [5.74, 6) is 0.981. The van der Waals surface area contributed by atoms with Crippen molar-refractivity contribution in [3.63, 3.8) is 0 Å². The van der Waals surface area contributed by atoms with Gasteiger partial charge in [0.1, 0.15) is 0 Å². The second-order valence-corrected chi connectivity index (χ2v) is 10.9. The molecule has 1 fully saturated rings. The quantitative estimate of drug-likeness (QED) is 0.343. The van der Waals surface area contributed by atoms with Crippen molar-refractivity contribution in [1.82, 2.24) is 9.55 Å². The third kappa shape index (κ3) is 6.39. The fraction of sp³-hybridized carbons (Fsp3) is 0.500. The third-order valence-electron chi connectivity index (χ3n) is 6.94. The highest BCUT2D eigenvalue weighted by Crippen LogP contribution is 2.46. The molecule has 0 saturated heterocycles. The Balaban J connectivity index is 1.68. The van der Waals surface area contributed by atoms with Gasteiger partial charge in [-0.15, -0.1) is 0 Å². The van der Waals surface area contributed by atoms with Crippen LogP contribution in [0.15, 0.2) is 42.5 Å². The molecule has 1 aliphatic rings. The molecule has 1 aromatic heterocycles. The van der Waals surface area contributed by atoms with Gasteiger partial charge in [-0.3, -0.25) is 4.79 Å². The van der Waals surface area contributed by atoms with Crippen LogP contribution in [0, 0.1) is 11.3 Å². The molecule has 0 aliphatic heterocycles. The average Bonchev–Trinajstić information content (AvgIpc) is 3.13. The van der Waals surface area contributed by atoms with Gasteiger partial charge in [-0.25, -0.2) is 4.98 Å². The largest absolute Gasteiger partial charge is 0.469 e. The Morgan fingerprint density at radius 3 is 2.47 bits per heavy atom. The van der Waals surface area contributed by atoms with Crippen LogP contribution in [0.3, 0.4) is 0 Å². The van der Waals surface area contributed by atoms with E-state index in [0.717, 1.165) is 35.9 Å². The summed E-state index contributed by atoms with van der Waals surface area (Å²) in [4.78, 5) is 16.5. The molecule has 1 saturated carbocycles. The number of nitrogens with one attached hydrogen (secondary N) is 1. The van der Waals surface area contributed by atoms with Crippen molar-refractivity contribution in [2.75, 3.05) is 12.4 Å². The SMILES string of the molecule is COC(=O)CCc1ccc2c(c1)nc(Nc1ccc(CC(F)(F)F)cc1)n2[C@H]1C[C@@H](C)CC(C)(C)C1. The zero-order valence-corrected chi connectivity index (χ0v) is 21.3. The number of aromatic nitrogens is 2. The smallest absolute Gasteiger partial charge is 0.393 e. The minimum absolute atomic E-state index is 0.190. The Labute approximate surface area is 210 Å². The lowest BCUT2D eigenvalue weighted by Crippen LogP contribution is -2.29. The van der Waals surface area contributed by atoms with Crippen molar-refractivity contribution >= 4 is 28.6 Å². The first-order chi connectivity index (χ1) is 16.9. The number of fused-ring (bicyclic) bond motifs is 1. The molecule has 2 atom stereocenters. The molecule has 0 unspecified atom stereocenters. The number of halogens is 3. The molecule has 2 aromatic carbocycles. The van der Waals surface area contributed by atoms with Crippen LogP contribution < -0.4 is 5.32 Å². The van der Waals surface area contributed by atoms with E-state index in [1.807, 2.05) is 12.1 Å². The van der Waals surface area contributed by atoms with Gasteiger partial charge in [0.25, 0.3) is 0 Å². The Kier molecular flexibility index (Phi) is 7.34. The third-order valence-corrected chi connectivity index (χ3v) is 6.94. The van der Waals surface area contributed by atoms with Crippen LogP contribution in [-0.4, -0.2) is 28.8 Å². The molecule has 36 heavy (non-hydrogen) atoms. The first-order valence-corrected chi connectivity index (χ1v) is 12.4. The number of hydrogen-bond donors (Lipinski definition) is 1. The summed E-state index contributed by atoms with van der Waals surface area (Å²) in [5.41, 5.74) is 3.92. The maximum absolute atomic E-state index is 12.8. The Morgan fingerprint density at radius 1 is 1.14 bits per heavy atom. The summed E-state index contributed by atoms with van der Waals surface area (Å²) in [7, 11) is 1.38. The molecule has 4 rings (SSSR count). The normalized spacial score (nSPS) is 19.9. The lowest BCUT2D eigenvalue weighted by molar-refractivity contribution is -0.140.